The van der Waals surface area contributed by atoms with Crippen LogP contribution in [-0.4, -0.2) is 17.1 Å². The van der Waals surface area contributed by atoms with Crippen LogP contribution in [0.5, 0.6) is 0 Å². The Hall–Kier alpha value is -4.46. The number of ether oxygens (including phenoxy) is 1. The number of benzene rings is 5. The summed E-state index contributed by atoms with van der Waals surface area (Å²) in [6.07, 6.45) is -2.57. The van der Waals surface area contributed by atoms with E-state index in [-0.39, 0.29) is 11.4 Å². The van der Waals surface area contributed by atoms with Crippen LogP contribution in [0, 0.1) is 19.7 Å². The van der Waals surface area contributed by atoms with Gasteiger partial charge < -0.3 is 4.74 Å². The monoisotopic (exact) mass is 641 g/mol. The molecule has 0 aliphatic heterocycles. The second kappa shape index (κ2) is 12.5. The molecule has 0 N–H and O–H groups in total. The predicted molar refractivity (Wildman–Crippen MR) is 177 cm³/mol. The van der Waals surface area contributed by atoms with Gasteiger partial charge in [0.1, 0.15) is 5.82 Å². The standard InChI is InChI=1S/C37H27ClF3NO2S/c1-21-6-4-7-22(2)33(21)34-30-20-27(39)13-17-32(30)42(45-28-14-10-23(11-15-28)36(40)41)35(34)25-9-5-8-24(18-25)29-16-12-26(19-31(29)38)37(43)44-3/h4-20,36H,1-3H3. The van der Waals surface area contributed by atoms with Gasteiger partial charge in [-0.15, -0.1) is 0 Å². The second-order valence-corrected chi connectivity index (χ2v) is 12.1. The van der Waals surface area contributed by atoms with E-state index in [1.54, 1.807) is 42.5 Å². The Labute approximate surface area is 268 Å². The van der Waals surface area contributed by atoms with Gasteiger partial charge in [-0.25, -0.2) is 18.0 Å². The van der Waals surface area contributed by atoms with Crippen molar-refractivity contribution in [3.8, 4) is 33.5 Å². The van der Waals surface area contributed by atoms with Crippen molar-refractivity contribution in [2.45, 2.75) is 25.2 Å². The number of alkyl halides is 2. The molecule has 0 spiro atoms. The van der Waals surface area contributed by atoms with E-state index in [1.807, 2.05) is 60.3 Å². The number of methoxy groups -OCH3 is 1. The Morgan fingerprint density at radius 3 is 2.18 bits per heavy atom. The van der Waals surface area contributed by atoms with Crippen molar-refractivity contribution in [3.63, 3.8) is 0 Å². The van der Waals surface area contributed by atoms with Crippen LogP contribution < -0.4 is 0 Å². The van der Waals surface area contributed by atoms with Crippen LogP contribution in [0.15, 0.2) is 108 Å². The molecule has 0 bridgehead atoms. The van der Waals surface area contributed by atoms with Gasteiger partial charge >= 0.3 is 5.97 Å². The molecule has 0 radical (unpaired) electrons. The minimum Gasteiger partial charge on any atom is -0.465 e. The molecule has 3 nitrogen and oxygen atoms in total. The molecule has 0 atom stereocenters. The van der Waals surface area contributed by atoms with Crippen molar-refractivity contribution < 1.29 is 22.7 Å². The summed E-state index contributed by atoms with van der Waals surface area (Å²) in [4.78, 5) is 12.8. The smallest absolute Gasteiger partial charge is 0.337 e. The number of hydrogen-bond acceptors (Lipinski definition) is 3. The summed E-state index contributed by atoms with van der Waals surface area (Å²) in [7, 11) is 1.32. The van der Waals surface area contributed by atoms with Crippen LogP contribution in [0.4, 0.5) is 13.2 Å². The lowest BCUT2D eigenvalue weighted by Crippen LogP contribution is -2.01. The van der Waals surface area contributed by atoms with Gasteiger partial charge in [-0.05, 0) is 96.6 Å². The molecule has 45 heavy (non-hydrogen) atoms. The third-order valence-electron chi connectivity index (χ3n) is 7.78. The lowest BCUT2D eigenvalue weighted by atomic mass is 9.91. The third kappa shape index (κ3) is 5.86. The highest BCUT2D eigenvalue weighted by Gasteiger charge is 2.24. The van der Waals surface area contributed by atoms with Crippen molar-refractivity contribution in [3.05, 3.63) is 136 Å². The minimum atomic E-state index is -2.57. The molecule has 6 rings (SSSR count). The van der Waals surface area contributed by atoms with Crippen LogP contribution in [0.25, 0.3) is 44.4 Å². The zero-order chi connectivity index (χ0) is 31.8. The number of halogens is 4. The molecule has 0 fully saturated rings. The van der Waals surface area contributed by atoms with Crippen molar-refractivity contribution >= 4 is 40.4 Å². The Morgan fingerprint density at radius 1 is 0.822 bits per heavy atom. The number of esters is 1. The first kappa shape index (κ1) is 30.6. The molecule has 0 aliphatic rings. The van der Waals surface area contributed by atoms with Gasteiger partial charge in [0.25, 0.3) is 6.43 Å². The topological polar surface area (TPSA) is 31.2 Å². The summed E-state index contributed by atoms with van der Waals surface area (Å²) in [6.45, 7) is 4.06. The first-order valence-electron chi connectivity index (χ1n) is 14.1. The van der Waals surface area contributed by atoms with E-state index in [2.05, 4.69) is 0 Å². The van der Waals surface area contributed by atoms with E-state index in [0.717, 1.165) is 60.4 Å². The fourth-order valence-corrected chi connectivity index (χ4v) is 6.96. The zero-order valence-electron chi connectivity index (χ0n) is 24.6. The minimum absolute atomic E-state index is 0.0574. The average molecular weight is 642 g/mol. The lowest BCUT2D eigenvalue weighted by Gasteiger charge is -2.16. The first-order valence-corrected chi connectivity index (χ1v) is 15.3. The Bertz CT molecular complexity index is 2050. The molecule has 0 unspecified atom stereocenters. The molecule has 5 aromatic carbocycles. The summed E-state index contributed by atoms with van der Waals surface area (Å²) >= 11 is 8.05. The van der Waals surface area contributed by atoms with Gasteiger partial charge in [0.15, 0.2) is 0 Å². The van der Waals surface area contributed by atoms with Gasteiger partial charge in [0, 0.05) is 37.6 Å². The summed E-state index contributed by atoms with van der Waals surface area (Å²) in [5.74, 6) is -0.845. The maximum Gasteiger partial charge on any atom is 0.337 e. The van der Waals surface area contributed by atoms with Gasteiger partial charge in [-0.3, -0.25) is 3.97 Å². The molecule has 8 heteroatoms. The van der Waals surface area contributed by atoms with Crippen LogP contribution in [-0.2, 0) is 4.74 Å². The molecule has 0 saturated carbocycles. The van der Waals surface area contributed by atoms with Crippen LogP contribution in [0.1, 0.15) is 33.5 Å². The number of nitrogens with zero attached hydrogens (tertiary/aromatic N) is 1. The van der Waals surface area contributed by atoms with E-state index < -0.39 is 12.4 Å². The van der Waals surface area contributed by atoms with E-state index in [4.69, 9.17) is 16.3 Å². The van der Waals surface area contributed by atoms with Crippen molar-refractivity contribution in [1.29, 1.82) is 0 Å². The fraction of sp³-hybridized carbons (Fsp3) is 0.108. The second-order valence-electron chi connectivity index (χ2n) is 10.7. The van der Waals surface area contributed by atoms with Crippen LogP contribution >= 0.6 is 23.5 Å². The molecular weight excluding hydrogens is 615 g/mol. The van der Waals surface area contributed by atoms with Gasteiger partial charge in [0.2, 0.25) is 0 Å². The van der Waals surface area contributed by atoms with Gasteiger partial charge in [-0.1, -0.05) is 66.2 Å². The molecule has 1 heterocycles. The van der Waals surface area contributed by atoms with Crippen LogP contribution in [0.3, 0.4) is 0 Å². The number of carbonyl (C=O) groups is 1. The summed E-state index contributed by atoms with van der Waals surface area (Å²) in [5.41, 5.74) is 8.17. The number of fused-ring (bicyclic) bond motifs is 1. The average Bonchev–Trinajstić information content (AvgIpc) is 3.33. The molecule has 6 aromatic rings. The number of aryl methyl sites for hydroxylation is 2. The zero-order valence-corrected chi connectivity index (χ0v) is 26.1. The van der Waals surface area contributed by atoms with E-state index in [9.17, 15) is 18.0 Å². The SMILES string of the molecule is COC(=O)c1ccc(-c2cccc(-c3c(-c4c(C)cccc4C)c4cc(F)ccc4n3Sc3ccc(C(F)F)cc3)c2)c(Cl)c1. The largest absolute Gasteiger partial charge is 0.465 e. The highest BCUT2D eigenvalue weighted by molar-refractivity contribution is 7.98. The van der Waals surface area contributed by atoms with Crippen molar-refractivity contribution in [2.24, 2.45) is 0 Å². The number of aromatic nitrogens is 1. The van der Waals surface area contributed by atoms with Crippen molar-refractivity contribution in [2.75, 3.05) is 7.11 Å². The maximum atomic E-state index is 14.9. The van der Waals surface area contributed by atoms with Crippen molar-refractivity contribution in [1.82, 2.24) is 3.97 Å². The molecular formula is C37H27ClF3NO2S. The molecule has 1 aromatic heterocycles. The molecule has 0 aliphatic carbocycles. The summed E-state index contributed by atoms with van der Waals surface area (Å²) in [6, 6.07) is 29.8. The molecule has 0 saturated heterocycles. The highest BCUT2D eigenvalue weighted by atomic mass is 35.5. The van der Waals surface area contributed by atoms with Gasteiger partial charge in [-0.2, -0.15) is 0 Å². The molecule has 226 valence electrons. The predicted octanol–water partition coefficient (Wildman–Crippen LogP) is 11.3. The number of hydrogen-bond donors (Lipinski definition) is 0. The third-order valence-corrected chi connectivity index (χ3v) is 9.14. The fourth-order valence-electron chi connectivity index (χ4n) is 5.66. The Morgan fingerprint density at radius 2 is 1.51 bits per heavy atom. The summed E-state index contributed by atoms with van der Waals surface area (Å²) in [5, 5.41) is 1.12. The maximum absolute atomic E-state index is 14.9. The lowest BCUT2D eigenvalue weighted by molar-refractivity contribution is 0.0600. The normalized spacial score (nSPS) is 11.4. The van der Waals surface area contributed by atoms with E-state index in [0.29, 0.717) is 10.6 Å². The Kier molecular flexibility index (Phi) is 8.49. The highest BCUT2D eigenvalue weighted by Crippen LogP contribution is 2.47. The van der Waals surface area contributed by atoms with Gasteiger partial charge in [0.05, 0.1) is 23.9 Å². The summed E-state index contributed by atoms with van der Waals surface area (Å²) < 4.78 is 48.5. The first-order chi connectivity index (χ1) is 21.7. The number of carbonyl (C=O) groups excluding carboxylic acids is 1. The van der Waals surface area contributed by atoms with E-state index >= 15 is 0 Å². The van der Waals surface area contributed by atoms with Crippen LogP contribution in [0.2, 0.25) is 5.02 Å². The molecule has 0 amide bonds. The van der Waals surface area contributed by atoms with E-state index in [1.165, 1.54) is 37.3 Å². The quantitative estimate of drug-likeness (QED) is 0.163. The Balaban J connectivity index is 1.62. The number of rotatable bonds is 7.